The molecule has 1 aromatic heterocycles. The topological polar surface area (TPSA) is 64.8 Å². The van der Waals surface area contributed by atoms with E-state index in [1.54, 1.807) is 0 Å². The summed E-state index contributed by atoms with van der Waals surface area (Å²) in [7, 11) is 4.16. The van der Waals surface area contributed by atoms with Gasteiger partial charge in [-0.25, -0.2) is 0 Å². The molecule has 1 rings (SSSR count). The minimum Gasteiger partial charge on any atom is -0.392 e. The first-order chi connectivity index (χ1) is 20.4. The lowest BCUT2D eigenvalue weighted by Gasteiger charge is -2.27. The molecule has 1 heterocycles. The van der Waals surface area contributed by atoms with Crippen molar-refractivity contribution in [2.45, 2.75) is 180 Å². The lowest BCUT2D eigenvalue weighted by atomic mass is 10.0. The zero-order chi connectivity index (χ0) is 30.7. The SMILES string of the molecule is CCCCCCCCCCCCC(O)CN(Cc1cnn(CCN(C)C)c1)CC(O)CCCCCCCCCCCC. The molecule has 1 aromatic rings. The normalized spacial score (nSPS) is 13.4. The summed E-state index contributed by atoms with van der Waals surface area (Å²) in [5.41, 5.74) is 1.16. The van der Waals surface area contributed by atoms with E-state index in [4.69, 9.17) is 0 Å². The van der Waals surface area contributed by atoms with Gasteiger partial charge < -0.3 is 15.1 Å². The molecule has 0 fully saturated rings. The summed E-state index contributed by atoms with van der Waals surface area (Å²) in [6, 6.07) is 0. The summed E-state index contributed by atoms with van der Waals surface area (Å²) in [5.74, 6) is 0. The molecule has 2 unspecified atom stereocenters. The summed E-state index contributed by atoms with van der Waals surface area (Å²) in [5, 5.41) is 26.3. The monoisotopic (exact) mass is 593 g/mol. The molecule has 2 N–H and O–H groups in total. The third kappa shape index (κ3) is 23.5. The Kier molecular flexibility index (Phi) is 25.7. The van der Waals surface area contributed by atoms with Gasteiger partial charge in [-0.2, -0.15) is 5.10 Å². The Balaban J connectivity index is 2.38. The van der Waals surface area contributed by atoms with Gasteiger partial charge in [-0.1, -0.05) is 142 Å². The fraction of sp³-hybridized carbons (Fsp3) is 0.917. The maximum absolute atomic E-state index is 10.9. The minimum atomic E-state index is -0.340. The Hall–Kier alpha value is -0.950. The van der Waals surface area contributed by atoms with Crippen molar-refractivity contribution in [2.24, 2.45) is 0 Å². The summed E-state index contributed by atoms with van der Waals surface area (Å²) in [6.07, 6.45) is 31.4. The van der Waals surface area contributed by atoms with Gasteiger partial charge in [0.25, 0.3) is 0 Å². The smallest absolute Gasteiger partial charge is 0.0667 e. The van der Waals surface area contributed by atoms with Crippen molar-refractivity contribution in [1.29, 1.82) is 0 Å². The first-order valence-electron chi connectivity index (χ1n) is 18.2. The summed E-state index contributed by atoms with van der Waals surface area (Å²) < 4.78 is 2.01. The van der Waals surface area contributed by atoms with E-state index in [9.17, 15) is 10.2 Å². The van der Waals surface area contributed by atoms with Crippen molar-refractivity contribution in [3.05, 3.63) is 18.0 Å². The number of hydrogen-bond donors (Lipinski definition) is 2. The quantitative estimate of drug-likeness (QED) is 0.0845. The molecule has 0 radical (unpaired) electrons. The number of aliphatic hydroxyl groups is 2. The number of nitrogens with zero attached hydrogens (tertiary/aromatic N) is 4. The lowest BCUT2D eigenvalue weighted by molar-refractivity contribution is 0.0567. The van der Waals surface area contributed by atoms with E-state index in [2.05, 4.69) is 49.0 Å². The number of aromatic nitrogens is 2. The third-order valence-corrected chi connectivity index (χ3v) is 8.59. The van der Waals surface area contributed by atoms with E-state index < -0.39 is 0 Å². The van der Waals surface area contributed by atoms with E-state index in [0.717, 1.165) is 50.9 Å². The highest BCUT2D eigenvalue weighted by atomic mass is 16.3. The molecule has 0 aliphatic carbocycles. The van der Waals surface area contributed by atoms with Crippen molar-refractivity contribution in [3.63, 3.8) is 0 Å². The number of unbranched alkanes of at least 4 members (excludes halogenated alkanes) is 18. The highest BCUT2D eigenvalue weighted by Gasteiger charge is 2.17. The first-order valence-corrected chi connectivity index (χ1v) is 18.2. The molecular formula is C36H72N4O2. The average molecular weight is 593 g/mol. The van der Waals surface area contributed by atoms with Crippen LogP contribution in [-0.4, -0.2) is 75.7 Å². The molecular weight excluding hydrogens is 520 g/mol. The molecule has 0 bridgehead atoms. The van der Waals surface area contributed by atoms with Crippen LogP contribution in [0.1, 0.15) is 161 Å². The van der Waals surface area contributed by atoms with Crippen LogP contribution in [0.15, 0.2) is 12.4 Å². The molecule has 0 aliphatic heterocycles. The molecule has 248 valence electrons. The largest absolute Gasteiger partial charge is 0.392 e. The van der Waals surface area contributed by atoms with E-state index in [1.807, 2.05) is 10.9 Å². The molecule has 0 aromatic carbocycles. The second kappa shape index (κ2) is 27.6. The Labute approximate surface area is 261 Å². The summed E-state index contributed by atoms with van der Waals surface area (Å²) >= 11 is 0. The van der Waals surface area contributed by atoms with Crippen LogP contribution in [0.4, 0.5) is 0 Å². The molecule has 6 nitrogen and oxygen atoms in total. The van der Waals surface area contributed by atoms with Crippen molar-refractivity contribution in [3.8, 4) is 0 Å². The van der Waals surface area contributed by atoms with Gasteiger partial charge in [0.15, 0.2) is 0 Å². The Bertz CT molecular complexity index is 664. The lowest BCUT2D eigenvalue weighted by Crippen LogP contribution is -2.37. The van der Waals surface area contributed by atoms with E-state index in [0.29, 0.717) is 13.1 Å². The number of likely N-dealkylation sites (N-methyl/N-ethyl adjacent to an activating group) is 1. The van der Waals surface area contributed by atoms with Gasteiger partial charge in [-0.15, -0.1) is 0 Å². The van der Waals surface area contributed by atoms with Crippen LogP contribution in [0.25, 0.3) is 0 Å². The van der Waals surface area contributed by atoms with E-state index >= 15 is 0 Å². The fourth-order valence-electron chi connectivity index (χ4n) is 5.89. The van der Waals surface area contributed by atoms with Crippen LogP contribution in [0.3, 0.4) is 0 Å². The van der Waals surface area contributed by atoms with Gasteiger partial charge in [0, 0.05) is 37.9 Å². The first kappa shape index (κ1) is 39.1. The van der Waals surface area contributed by atoms with Crippen LogP contribution < -0.4 is 0 Å². The van der Waals surface area contributed by atoms with Crippen LogP contribution in [0.5, 0.6) is 0 Å². The molecule has 42 heavy (non-hydrogen) atoms. The molecule has 2 atom stereocenters. The Morgan fingerprint density at radius 3 is 1.45 bits per heavy atom. The van der Waals surface area contributed by atoms with Crippen molar-refractivity contribution in [2.75, 3.05) is 33.7 Å². The zero-order valence-electron chi connectivity index (χ0n) is 28.6. The van der Waals surface area contributed by atoms with Gasteiger partial charge >= 0.3 is 0 Å². The highest BCUT2D eigenvalue weighted by molar-refractivity contribution is 5.04. The second-order valence-electron chi connectivity index (χ2n) is 13.4. The van der Waals surface area contributed by atoms with Crippen molar-refractivity contribution >= 4 is 0 Å². The van der Waals surface area contributed by atoms with Crippen LogP contribution in [0, 0.1) is 0 Å². The van der Waals surface area contributed by atoms with E-state index in [1.165, 1.54) is 116 Å². The molecule has 6 heteroatoms. The minimum absolute atomic E-state index is 0.340. The molecule has 0 amide bonds. The van der Waals surface area contributed by atoms with Gasteiger partial charge in [0.2, 0.25) is 0 Å². The number of rotatable bonds is 31. The maximum atomic E-state index is 10.9. The predicted octanol–water partition coefficient (Wildman–Crippen LogP) is 8.59. The van der Waals surface area contributed by atoms with Crippen LogP contribution in [0.2, 0.25) is 0 Å². The summed E-state index contributed by atoms with van der Waals surface area (Å²) in [6.45, 7) is 8.35. The summed E-state index contributed by atoms with van der Waals surface area (Å²) in [4.78, 5) is 4.43. The second-order valence-corrected chi connectivity index (χ2v) is 13.4. The zero-order valence-corrected chi connectivity index (χ0v) is 28.6. The number of hydrogen-bond acceptors (Lipinski definition) is 5. The third-order valence-electron chi connectivity index (χ3n) is 8.59. The molecule has 0 saturated heterocycles. The van der Waals surface area contributed by atoms with Gasteiger partial charge in [-0.05, 0) is 26.9 Å². The van der Waals surface area contributed by atoms with E-state index in [-0.39, 0.29) is 12.2 Å². The average Bonchev–Trinajstić information content (AvgIpc) is 3.41. The maximum Gasteiger partial charge on any atom is 0.0667 e. The highest BCUT2D eigenvalue weighted by Crippen LogP contribution is 2.16. The van der Waals surface area contributed by atoms with Gasteiger partial charge in [-0.3, -0.25) is 9.58 Å². The van der Waals surface area contributed by atoms with Crippen LogP contribution in [-0.2, 0) is 13.1 Å². The van der Waals surface area contributed by atoms with Gasteiger partial charge in [0.05, 0.1) is 24.9 Å². The Morgan fingerprint density at radius 2 is 1.05 bits per heavy atom. The Morgan fingerprint density at radius 1 is 0.643 bits per heavy atom. The standard InChI is InChI=1S/C36H72N4O2/c1-5-7-9-11-13-15-17-19-21-23-25-35(41)32-39(30-34-29-37-40(31-34)28-27-38(3)4)33-36(42)26-24-22-20-18-16-14-12-10-8-6-2/h29,31,35-36,41-42H,5-28,30,32-33H2,1-4H3. The van der Waals surface area contributed by atoms with Gasteiger partial charge in [0.1, 0.15) is 0 Å². The number of aliphatic hydroxyl groups excluding tert-OH is 2. The fourth-order valence-corrected chi connectivity index (χ4v) is 5.89. The van der Waals surface area contributed by atoms with Crippen molar-refractivity contribution in [1.82, 2.24) is 19.6 Å². The molecule has 0 spiro atoms. The van der Waals surface area contributed by atoms with Crippen LogP contribution >= 0.6 is 0 Å². The molecule has 0 aliphatic rings. The van der Waals surface area contributed by atoms with Crippen molar-refractivity contribution < 1.29 is 10.2 Å². The molecule has 0 saturated carbocycles. The predicted molar refractivity (Wildman–Crippen MR) is 181 cm³/mol.